The van der Waals surface area contributed by atoms with Crippen molar-refractivity contribution >= 4 is 0 Å². The van der Waals surface area contributed by atoms with E-state index in [1.165, 1.54) is 38.5 Å². The van der Waals surface area contributed by atoms with Crippen molar-refractivity contribution < 1.29 is 4.74 Å². The second kappa shape index (κ2) is 4.55. The molecule has 2 heteroatoms. The highest BCUT2D eigenvalue weighted by molar-refractivity contribution is 5.05. The summed E-state index contributed by atoms with van der Waals surface area (Å²) in [6.07, 6.45) is 9.81. The quantitative estimate of drug-likeness (QED) is 0.746. The Balaban J connectivity index is 1.64. The van der Waals surface area contributed by atoms with Gasteiger partial charge in [-0.3, -0.25) is 0 Å². The van der Waals surface area contributed by atoms with Gasteiger partial charge < -0.3 is 10.5 Å². The van der Waals surface area contributed by atoms with Gasteiger partial charge in [-0.25, -0.2) is 0 Å². The van der Waals surface area contributed by atoms with Gasteiger partial charge in [-0.05, 0) is 68.1 Å². The SMILES string of the molecule is CCCOCC(N)C12CC3CC(CC(C3)C1)C2. The number of nitrogens with two attached hydrogens (primary N) is 1. The predicted molar refractivity (Wildman–Crippen MR) is 69.7 cm³/mol. The van der Waals surface area contributed by atoms with Crippen molar-refractivity contribution in [2.75, 3.05) is 13.2 Å². The number of rotatable bonds is 5. The third-order valence-electron chi connectivity index (χ3n) is 5.52. The van der Waals surface area contributed by atoms with Gasteiger partial charge >= 0.3 is 0 Å². The molecule has 0 aliphatic heterocycles. The Morgan fingerprint density at radius 1 is 1.12 bits per heavy atom. The van der Waals surface area contributed by atoms with E-state index in [2.05, 4.69) is 6.92 Å². The van der Waals surface area contributed by atoms with E-state index in [4.69, 9.17) is 10.5 Å². The molecule has 0 aromatic carbocycles. The smallest absolute Gasteiger partial charge is 0.0622 e. The first-order valence-electron chi connectivity index (χ1n) is 7.55. The minimum Gasteiger partial charge on any atom is -0.380 e. The Morgan fingerprint density at radius 2 is 1.65 bits per heavy atom. The molecule has 2 N–H and O–H groups in total. The molecule has 1 unspecified atom stereocenters. The van der Waals surface area contributed by atoms with Crippen LogP contribution in [0.4, 0.5) is 0 Å². The monoisotopic (exact) mass is 237 g/mol. The van der Waals surface area contributed by atoms with E-state index < -0.39 is 0 Å². The van der Waals surface area contributed by atoms with Crippen molar-refractivity contribution in [2.45, 2.75) is 57.9 Å². The van der Waals surface area contributed by atoms with E-state index in [9.17, 15) is 0 Å². The Hall–Kier alpha value is -0.0800. The van der Waals surface area contributed by atoms with Gasteiger partial charge in [-0.2, -0.15) is 0 Å². The molecule has 0 heterocycles. The maximum absolute atomic E-state index is 6.49. The Bertz CT molecular complexity index is 241. The first kappa shape index (κ1) is 12.0. The summed E-state index contributed by atoms with van der Waals surface area (Å²) in [5.41, 5.74) is 6.95. The van der Waals surface area contributed by atoms with Gasteiger partial charge in [0.05, 0.1) is 6.61 Å². The van der Waals surface area contributed by atoms with Crippen LogP contribution in [0.15, 0.2) is 0 Å². The van der Waals surface area contributed by atoms with Crippen LogP contribution < -0.4 is 5.73 Å². The second-order valence-electron chi connectivity index (χ2n) is 6.96. The van der Waals surface area contributed by atoms with Crippen LogP contribution in [0, 0.1) is 23.2 Å². The molecule has 0 aromatic rings. The molecule has 0 spiro atoms. The van der Waals surface area contributed by atoms with E-state index in [-0.39, 0.29) is 0 Å². The maximum atomic E-state index is 6.49. The number of ether oxygens (including phenoxy) is 1. The lowest BCUT2D eigenvalue weighted by Crippen LogP contribution is -2.56. The molecule has 4 aliphatic carbocycles. The average molecular weight is 237 g/mol. The molecule has 0 amide bonds. The van der Waals surface area contributed by atoms with Crippen LogP contribution >= 0.6 is 0 Å². The zero-order chi connectivity index (χ0) is 11.9. The molecule has 1 atom stereocenters. The molecule has 0 aromatic heterocycles. The highest BCUT2D eigenvalue weighted by atomic mass is 16.5. The normalized spacial score (nSPS) is 45.2. The first-order valence-corrected chi connectivity index (χ1v) is 7.55. The van der Waals surface area contributed by atoms with Gasteiger partial charge in [0.15, 0.2) is 0 Å². The van der Waals surface area contributed by atoms with Gasteiger partial charge in [0.2, 0.25) is 0 Å². The molecular weight excluding hydrogens is 210 g/mol. The Kier molecular flexibility index (Phi) is 3.20. The first-order chi connectivity index (χ1) is 8.22. The van der Waals surface area contributed by atoms with E-state index in [1.54, 1.807) is 0 Å². The molecule has 0 radical (unpaired) electrons. The summed E-state index contributed by atoms with van der Waals surface area (Å²) in [5.74, 6) is 3.00. The highest BCUT2D eigenvalue weighted by Gasteiger charge is 2.53. The molecule has 4 rings (SSSR count). The Labute approximate surface area is 105 Å². The van der Waals surface area contributed by atoms with Crippen molar-refractivity contribution in [3.05, 3.63) is 0 Å². The molecule has 4 saturated carbocycles. The van der Waals surface area contributed by atoms with E-state index in [1.807, 2.05) is 0 Å². The van der Waals surface area contributed by atoms with Crippen LogP contribution in [0.1, 0.15) is 51.9 Å². The van der Waals surface area contributed by atoms with Crippen molar-refractivity contribution in [1.29, 1.82) is 0 Å². The molecule has 0 saturated heterocycles. The van der Waals surface area contributed by atoms with Crippen LogP contribution in [0.5, 0.6) is 0 Å². The lowest BCUT2D eigenvalue weighted by atomic mass is 9.48. The van der Waals surface area contributed by atoms with Crippen LogP contribution in [0.25, 0.3) is 0 Å². The summed E-state index contributed by atoms with van der Waals surface area (Å²) >= 11 is 0. The summed E-state index contributed by atoms with van der Waals surface area (Å²) in [6, 6.07) is 0.294. The van der Waals surface area contributed by atoms with Gasteiger partial charge in [-0.15, -0.1) is 0 Å². The van der Waals surface area contributed by atoms with Crippen molar-refractivity contribution in [1.82, 2.24) is 0 Å². The molecule has 4 fully saturated rings. The Morgan fingerprint density at radius 3 is 2.12 bits per heavy atom. The topological polar surface area (TPSA) is 35.2 Å². The lowest BCUT2D eigenvalue weighted by molar-refractivity contribution is -0.0805. The lowest BCUT2D eigenvalue weighted by Gasteiger charge is -2.58. The maximum Gasteiger partial charge on any atom is 0.0622 e. The molecular formula is C15H27NO. The summed E-state index contributed by atoms with van der Waals surface area (Å²) in [6.45, 7) is 3.83. The van der Waals surface area contributed by atoms with Gasteiger partial charge in [-0.1, -0.05) is 6.92 Å². The van der Waals surface area contributed by atoms with Crippen LogP contribution in [-0.4, -0.2) is 19.3 Å². The second-order valence-corrected chi connectivity index (χ2v) is 6.96. The van der Waals surface area contributed by atoms with Gasteiger partial charge in [0, 0.05) is 12.6 Å². The summed E-state index contributed by atoms with van der Waals surface area (Å²) < 4.78 is 5.71. The average Bonchev–Trinajstić information content (AvgIpc) is 2.27. The third kappa shape index (κ3) is 2.15. The minimum absolute atomic E-state index is 0.294. The zero-order valence-corrected chi connectivity index (χ0v) is 11.2. The van der Waals surface area contributed by atoms with Gasteiger partial charge in [0.1, 0.15) is 0 Å². The highest BCUT2D eigenvalue weighted by Crippen LogP contribution is 2.60. The van der Waals surface area contributed by atoms with Crippen LogP contribution in [-0.2, 0) is 4.74 Å². The predicted octanol–water partition coefficient (Wildman–Crippen LogP) is 2.96. The zero-order valence-electron chi connectivity index (χ0n) is 11.2. The number of hydrogen-bond donors (Lipinski definition) is 1. The summed E-state index contributed by atoms with van der Waals surface area (Å²) in [4.78, 5) is 0. The van der Waals surface area contributed by atoms with Crippen molar-refractivity contribution in [3.63, 3.8) is 0 Å². The van der Waals surface area contributed by atoms with E-state index in [0.29, 0.717) is 11.5 Å². The molecule has 98 valence electrons. The minimum atomic E-state index is 0.294. The third-order valence-corrected chi connectivity index (χ3v) is 5.52. The largest absolute Gasteiger partial charge is 0.380 e. The fraction of sp³-hybridized carbons (Fsp3) is 1.00. The molecule has 4 aliphatic rings. The fourth-order valence-corrected chi connectivity index (χ4v) is 5.16. The van der Waals surface area contributed by atoms with Gasteiger partial charge in [0.25, 0.3) is 0 Å². The fourth-order valence-electron chi connectivity index (χ4n) is 5.16. The van der Waals surface area contributed by atoms with Crippen molar-refractivity contribution in [2.24, 2.45) is 28.9 Å². The van der Waals surface area contributed by atoms with E-state index in [0.717, 1.165) is 37.4 Å². The number of hydrogen-bond acceptors (Lipinski definition) is 2. The summed E-state index contributed by atoms with van der Waals surface area (Å²) in [5, 5.41) is 0. The summed E-state index contributed by atoms with van der Waals surface area (Å²) in [7, 11) is 0. The molecule has 2 nitrogen and oxygen atoms in total. The van der Waals surface area contributed by atoms with E-state index >= 15 is 0 Å². The van der Waals surface area contributed by atoms with Crippen LogP contribution in [0.2, 0.25) is 0 Å². The van der Waals surface area contributed by atoms with Crippen LogP contribution in [0.3, 0.4) is 0 Å². The standard InChI is InChI=1S/C15H27NO/c1-2-3-17-10-14(16)15-7-11-4-12(8-15)6-13(5-11)9-15/h11-14H,2-10,16H2,1H3. The van der Waals surface area contributed by atoms with Crippen molar-refractivity contribution in [3.8, 4) is 0 Å². The molecule has 17 heavy (non-hydrogen) atoms. The molecule has 4 bridgehead atoms.